The fraction of sp³-hybridized carbons (Fsp3) is 0.400. The highest BCUT2D eigenvalue weighted by atomic mass is 32.2. The summed E-state index contributed by atoms with van der Waals surface area (Å²) in [4.78, 5) is 3.85. The second kappa shape index (κ2) is 6.47. The number of halogens is 3. The Bertz CT molecular complexity index is 401. The lowest BCUT2D eigenvalue weighted by Gasteiger charge is -2.07. The molecule has 1 heterocycles. The number of hydrogen-bond donors (Lipinski definition) is 1. The lowest BCUT2D eigenvalue weighted by atomic mass is 10.2. The minimum atomic E-state index is -4.19. The first-order valence-corrected chi connectivity index (χ1v) is 5.77. The normalized spacial score (nSPS) is 11.2. The van der Waals surface area contributed by atoms with Crippen molar-refractivity contribution in [2.24, 2.45) is 0 Å². The number of hydrogen-bond acceptors (Lipinski definition) is 4. The van der Waals surface area contributed by atoms with E-state index in [1.165, 1.54) is 6.20 Å². The Morgan fingerprint density at radius 3 is 2.88 bits per heavy atom. The van der Waals surface area contributed by atoms with Gasteiger partial charge in [0, 0.05) is 30.6 Å². The molecule has 0 unspecified atom stereocenters. The molecule has 3 nitrogen and oxygen atoms in total. The van der Waals surface area contributed by atoms with Crippen molar-refractivity contribution in [3.63, 3.8) is 0 Å². The fourth-order valence-electron chi connectivity index (χ4n) is 1.14. The molecule has 17 heavy (non-hydrogen) atoms. The van der Waals surface area contributed by atoms with E-state index in [-0.39, 0.29) is 24.1 Å². The van der Waals surface area contributed by atoms with Crippen LogP contribution in [-0.4, -0.2) is 22.8 Å². The van der Waals surface area contributed by atoms with Gasteiger partial charge in [-0.15, -0.1) is 0 Å². The molecule has 0 aliphatic heterocycles. The first kappa shape index (κ1) is 13.8. The molecule has 0 aromatic carbocycles. The van der Waals surface area contributed by atoms with Crippen LogP contribution in [-0.2, 0) is 6.54 Å². The zero-order valence-electron chi connectivity index (χ0n) is 8.79. The summed E-state index contributed by atoms with van der Waals surface area (Å²) in [6.45, 7) is 0.569. The van der Waals surface area contributed by atoms with Gasteiger partial charge in [-0.1, -0.05) is 6.07 Å². The average Bonchev–Trinajstić information content (AvgIpc) is 2.27. The van der Waals surface area contributed by atoms with Gasteiger partial charge in [0.25, 0.3) is 0 Å². The third-order valence-electron chi connectivity index (χ3n) is 1.86. The number of pyridine rings is 1. The molecule has 0 amide bonds. The van der Waals surface area contributed by atoms with E-state index < -0.39 is 5.51 Å². The van der Waals surface area contributed by atoms with Crippen LogP contribution in [0.2, 0.25) is 0 Å². The van der Waals surface area contributed by atoms with Gasteiger partial charge in [0.1, 0.15) is 11.8 Å². The molecule has 0 bridgehead atoms. The molecule has 0 aliphatic rings. The van der Waals surface area contributed by atoms with E-state index in [4.69, 9.17) is 5.26 Å². The monoisotopic (exact) mass is 261 g/mol. The molecular formula is C10H10F3N3S. The first-order valence-electron chi connectivity index (χ1n) is 4.78. The number of alkyl halides is 3. The van der Waals surface area contributed by atoms with Crippen LogP contribution in [0, 0.1) is 11.3 Å². The van der Waals surface area contributed by atoms with Crippen molar-refractivity contribution in [2.45, 2.75) is 12.1 Å². The third-order valence-corrected chi connectivity index (χ3v) is 2.59. The van der Waals surface area contributed by atoms with E-state index in [0.717, 1.165) is 0 Å². The SMILES string of the molecule is N#Cc1ncccc1CNCCSC(F)(F)F. The highest BCUT2D eigenvalue weighted by Gasteiger charge is 2.27. The first-order chi connectivity index (χ1) is 8.03. The molecule has 0 atom stereocenters. The maximum atomic E-state index is 11.8. The molecule has 0 radical (unpaired) electrons. The Balaban J connectivity index is 2.30. The summed E-state index contributed by atoms with van der Waals surface area (Å²) in [7, 11) is 0. The summed E-state index contributed by atoms with van der Waals surface area (Å²) in [6.07, 6.45) is 1.50. The second-order valence-electron chi connectivity index (χ2n) is 3.09. The third kappa shape index (κ3) is 5.56. The molecule has 0 saturated heterocycles. The van der Waals surface area contributed by atoms with Crippen molar-refractivity contribution in [3.8, 4) is 6.07 Å². The topological polar surface area (TPSA) is 48.7 Å². The summed E-state index contributed by atoms with van der Waals surface area (Å²) in [6, 6.07) is 5.32. The van der Waals surface area contributed by atoms with E-state index in [1.807, 2.05) is 6.07 Å². The highest BCUT2D eigenvalue weighted by Crippen LogP contribution is 2.29. The Kier molecular flexibility index (Phi) is 5.25. The second-order valence-corrected chi connectivity index (χ2v) is 4.25. The van der Waals surface area contributed by atoms with Gasteiger partial charge < -0.3 is 5.32 Å². The van der Waals surface area contributed by atoms with Crippen molar-refractivity contribution < 1.29 is 13.2 Å². The van der Waals surface area contributed by atoms with Crippen LogP contribution in [0.1, 0.15) is 11.3 Å². The Morgan fingerprint density at radius 1 is 1.47 bits per heavy atom. The molecule has 0 aliphatic carbocycles. The lowest BCUT2D eigenvalue weighted by Crippen LogP contribution is -2.19. The Hall–Kier alpha value is -1.26. The zero-order chi connectivity index (χ0) is 12.7. The van der Waals surface area contributed by atoms with Crippen molar-refractivity contribution in [3.05, 3.63) is 29.6 Å². The highest BCUT2D eigenvalue weighted by molar-refractivity contribution is 8.00. The van der Waals surface area contributed by atoms with Gasteiger partial charge >= 0.3 is 5.51 Å². The predicted molar refractivity (Wildman–Crippen MR) is 59.2 cm³/mol. The van der Waals surface area contributed by atoms with Gasteiger partial charge in [-0.3, -0.25) is 0 Å². The largest absolute Gasteiger partial charge is 0.441 e. The summed E-state index contributed by atoms with van der Waals surface area (Å²) < 4.78 is 35.4. The number of thioether (sulfide) groups is 1. The molecule has 92 valence electrons. The van der Waals surface area contributed by atoms with Gasteiger partial charge in [0.05, 0.1) is 0 Å². The fourth-order valence-corrected chi connectivity index (χ4v) is 1.62. The number of aromatic nitrogens is 1. The van der Waals surface area contributed by atoms with Crippen molar-refractivity contribution in [1.29, 1.82) is 5.26 Å². The molecule has 7 heteroatoms. The minimum Gasteiger partial charge on any atom is -0.312 e. The minimum absolute atomic E-state index is 0.0500. The van der Waals surface area contributed by atoms with E-state index in [2.05, 4.69) is 10.3 Å². The van der Waals surface area contributed by atoms with Gasteiger partial charge in [-0.25, -0.2) is 4.98 Å². The van der Waals surface area contributed by atoms with Gasteiger partial charge in [0.15, 0.2) is 0 Å². The lowest BCUT2D eigenvalue weighted by molar-refractivity contribution is -0.0327. The molecule has 1 rings (SSSR count). The number of nitriles is 1. The zero-order valence-corrected chi connectivity index (χ0v) is 9.61. The standard InChI is InChI=1S/C10H10F3N3S/c11-10(12,13)17-5-4-15-7-8-2-1-3-16-9(8)6-14/h1-3,15H,4-5,7H2. The smallest absolute Gasteiger partial charge is 0.312 e. The van der Waals surface area contributed by atoms with Gasteiger partial charge in [-0.05, 0) is 17.8 Å². The maximum absolute atomic E-state index is 11.8. The van der Waals surface area contributed by atoms with Crippen LogP contribution in [0.4, 0.5) is 13.2 Å². The van der Waals surface area contributed by atoms with Crippen LogP contribution in [0.25, 0.3) is 0 Å². The maximum Gasteiger partial charge on any atom is 0.441 e. The Morgan fingerprint density at radius 2 is 2.24 bits per heavy atom. The summed E-state index contributed by atoms with van der Waals surface area (Å²) in [5.74, 6) is -0.0500. The molecule has 0 spiro atoms. The van der Waals surface area contributed by atoms with E-state index >= 15 is 0 Å². The summed E-state index contributed by atoms with van der Waals surface area (Å²) >= 11 is -0.0645. The predicted octanol–water partition coefficient (Wildman–Crippen LogP) is 2.30. The van der Waals surface area contributed by atoms with Crippen molar-refractivity contribution >= 4 is 11.8 Å². The van der Waals surface area contributed by atoms with Gasteiger partial charge in [0.2, 0.25) is 0 Å². The van der Waals surface area contributed by atoms with Crippen LogP contribution >= 0.6 is 11.8 Å². The number of nitrogens with one attached hydrogen (secondary N) is 1. The van der Waals surface area contributed by atoms with Crippen molar-refractivity contribution in [2.75, 3.05) is 12.3 Å². The molecule has 0 saturated carbocycles. The summed E-state index contributed by atoms with van der Waals surface area (Å²) in [5, 5.41) is 11.6. The number of rotatable bonds is 5. The van der Waals surface area contributed by atoms with Crippen LogP contribution < -0.4 is 5.32 Å². The van der Waals surface area contributed by atoms with E-state index in [9.17, 15) is 13.2 Å². The van der Waals surface area contributed by atoms with Crippen LogP contribution in [0.15, 0.2) is 18.3 Å². The molecule has 1 N–H and O–H groups in total. The van der Waals surface area contributed by atoms with E-state index in [1.54, 1.807) is 12.1 Å². The van der Waals surface area contributed by atoms with Crippen molar-refractivity contribution in [1.82, 2.24) is 10.3 Å². The van der Waals surface area contributed by atoms with Crippen LogP contribution in [0.3, 0.4) is 0 Å². The molecule has 0 fully saturated rings. The van der Waals surface area contributed by atoms with Gasteiger partial charge in [-0.2, -0.15) is 18.4 Å². The molecule has 1 aromatic rings. The molecule has 1 aromatic heterocycles. The quantitative estimate of drug-likeness (QED) is 0.826. The van der Waals surface area contributed by atoms with E-state index in [0.29, 0.717) is 17.8 Å². The molecular weight excluding hydrogens is 251 g/mol. The average molecular weight is 261 g/mol. The Labute approximate surface area is 101 Å². The van der Waals surface area contributed by atoms with Crippen LogP contribution in [0.5, 0.6) is 0 Å². The summed E-state index contributed by atoms with van der Waals surface area (Å²) in [5.41, 5.74) is -3.20. The number of nitrogens with zero attached hydrogens (tertiary/aromatic N) is 2.